The molecule has 5 nitrogen and oxygen atoms in total. The number of amides is 1. The summed E-state index contributed by atoms with van der Waals surface area (Å²) in [6.07, 6.45) is 3.18. The van der Waals surface area contributed by atoms with E-state index in [1.165, 1.54) is 12.4 Å². The zero-order valence-corrected chi connectivity index (χ0v) is 13.6. The Labute approximate surface area is 142 Å². The number of nitrogens with one attached hydrogen (secondary N) is 1. The number of benzene rings is 1. The zero-order chi connectivity index (χ0) is 18.0. The molecule has 1 fully saturated rings. The Morgan fingerprint density at radius 2 is 2.04 bits per heavy atom. The van der Waals surface area contributed by atoms with Gasteiger partial charge in [-0.3, -0.25) is 4.79 Å². The molecule has 0 aliphatic carbocycles. The van der Waals surface area contributed by atoms with E-state index in [2.05, 4.69) is 22.2 Å². The number of aromatic nitrogens is 2. The van der Waals surface area contributed by atoms with Gasteiger partial charge in [0.15, 0.2) is 17.5 Å². The smallest absolute Gasteiger partial charge is 0.272 e. The maximum Gasteiger partial charge on any atom is 0.272 e. The van der Waals surface area contributed by atoms with Crippen LogP contribution in [0.25, 0.3) is 0 Å². The van der Waals surface area contributed by atoms with Crippen LogP contribution in [-0.2, 0) is 0 Å². The standard InChI is InChI=1S/C17H17F3N4O/c1-10-3-2-6-24(8-10)17(25)13-7-14(22-9-21-13)23-12-5-4-11(18)15(19)16(12)20/h4-5,7,9-10H,2-3,6,8H2,1H3,(H,21,22,23). The molecule has 132 valence electrons. The molecular formula is C17H17F3N4O. The Kier molecular flexibility index (Phi) is 4.87. The van der Waals surface area contributed by atoms with Gasteiger partial charge < -0.3 is 10.2 Å². The Bertz CT molecular complexity index is 799. The maximum absolute atomic E-state index is 13.7. The number of nitrogens with zero attached hydrogens (tertiary/aromatic N) is 3. The average molecular weight is 350 g/mol. The monoisotopic (exact) mass is 350 g/mol. The van der Waals surface area contributed by atoms with Crippen molar-refractivity contribution < 1.29 is 18.0 Å². The van der Waals surface area contributed by atoms with Crippen molar-refractivity contribution in [2.24, 2.45) is 5.92 Å². The molecule has 1 aromatic carbocycles. The Morgan fingerprint density at radius 3 is 2.80 bits per heavy atom. The number of hydrogen-bond donors (Lipinski definition) is 1. The van der Waals surface area contributed by atoms with Crippen molar-refractivity contribution in [1.82, 2.24) is 14.9 Å². The molecule has 0 radical (unpaired) electrons. The van der Waals surface area contributed by atoms with Gasteiger partial charge in [0.25, 0.3) is 5.91 Å². The molecule has 3 rings (SSSR count). The summed E-state index contributed by atoms with van der Waals surface area (Å²) in [5, 5.41) is 2.54. The summed E-state index contributed by atoms with van der Waals surface area (Å²) < 4.78 is 40.0. The molecule has 1 unspecified atom stereocenters. The fraction of sp³-hybridized carbons (Fsp3) is 0.353. The fourth-order valence-electron chi connectivity index (χ4n) is 2.84. The Morgan fingerprint density at radius 1 is 1.24 bits per heavy atom. The minimum Gasteiger partial charge on any atom is -0.338 e. The molecule has 25 heavy (non-hydrogen) atoms. The largest absolute Gasteiger partial charge is 0.338 e. The van der Waals surface area contributed by atoms with Crippen LogP contribution in [0.5, 0.6) is 0 Å². The van der Waals surface area contributed by atoms with Gasteiger partial charge in [0.2, 0.25) is 0 Å². The van der Waals surface area contributed by atoms with Crippen molar-refractivity contribution in [3.05, 3.63) is 47.7 Å². The second kappa shape index (κ2) is 7.08. The number of carbonyl (C=O) groups is 1. The lowest BCUT2D eigenvalue weighted by Gasteiger charge is -2.30. The number of carbonyl (C=O) groups excluding carboxylic acids is 1. The first-order valence-electron chi connectivity index (χ1n) is 7.97. The highest BCUT2D eigenvalue weighted by atomic mass is 19.2. The average Bonchev–Trinajstić information content (AvgIpc) is 2.62. The number of hydrogen-bond acceptors (Lipinski definition) is 4. The third-order valence-electron chi connectivity index (χ3n) is 4.13. The summed E-state index contributed by atoms with van der Waals surface area (Å²) in [6, 6.07) is 3.23. The minimum absolute atomic E-state index is 0.119. The van der Waals surface area contributed by atoms with Crippen LogP contribution in [0.15, 0.2) is 24.5 Å². The van der Waals surface area contributed by atoms with E-state index in [1.54, 1.807) is 4.90 Å². The molecule has 2 aromatic rings. The van der Waals surface area contributed by atoms with Crippen molar-refractivity contribution in [3.63, 3.8) is 0 Å². The van der Waals surface area contributed by atoms with Crippen LogP contribution >= 0.6 is 0 Å². The van der Waals surface area contributed by atoms with Gasteiger partial charge in [-0.1, -0.05) is 6.92 Å². The van der Waals surface area contributed by atoms with Gasteiger partial charge in [-0.25, -0.2) is 23.1 Å². The number of halogens is 3. The van der Waals surface area contributed by atoms with E-state index in [0.29, 0.717) is 19.0 Å². The van der Waals surface area contributed by atoms with E-state index in [0.717, 1.165) is 25.0 Å². The highest BCUT2D eigenvalue weighted by molar-refractivity contribution is 5.93. The first-order valence-corrected chi connectivity index (χ1v) is 7.97. The second-order valence-corrected chi connectivity index (χ2v) is 6.13. The summed E-state index contributed by atoms with van der Waals surface area (Å²) in [5.41, 5.74) is -0.114. The van der Waals surface area contributed by atoms with E-state index in [-0.39, 0.29) is 23.1 Å². The normalized spacial score (nSPS) is 17.4. The minimum atomic E-state index is -1.57. The molecule has 2 heterocycles. The number of likely N-dealkylation sites (tertiary alicyclic amines) is 1. The summed E-state index contributed by atoms with van der Waals surface area (Å²) in [4.78, 5) is 22.1. The van der Waals surface area contributed by atoms with Gasteiger partial charge >= 0.3 is 0 Å². The van der Waals surface area contributed by atoms with Gasteiger partial charge in [-0.05, 0) is 30.9 Å². The quantitative estimate of drug-likeness (QED) is 0.861. The molecule has 8 heteroatoms. The summed E-state index contributed by atoms with van der Waals surface area (Å²) >= 11 is 0. The van der Waals surface area contributed by atoms with Crippen LogP contribution in [0, 0.1) is 23.4 Å². The van der Waals surface area contributed by atoms with Gasteiger partial charge in [-0.15, -0.1) is 0 Å². The molecule has 1 N–H and O–H groups in total. The molecule has 0 saturated carbocycles. The highest BCUT2D eigenvalue weighted by Crippen LogP contribution is 2.23. The zero-order valence-electron chi connectivity index (χ0n) is 13.6. The molecule has 1 saturated heterocycles. The predicted molar refractivity (Wildman–Crippen MR) is 85.9 cm³/mol. The molecule has 0 spiro atoms. The predicted octanol–water partition coefficient (Wildman–Crippen LogP) is 3.51. The van der Waals surface area contributed by atoms with E-state index in [9.17, 15) is 18.0 Å². The summed E-state index contributed by atoms with van der Waals surface area (Å²) in [7, 11) is 0. The van der Waals surface area contributed by atoms with Crippen LogP contribution in [0.4, 0.5) is 24.7 Å². The molecule has 0 bridgehead atoms. The topological polar surface area (TPSA) is 58.1 Å². The first-order chi connectivity index (χ1) is 12.0. The third kappa shape index (κ3) is 3.72. The van der Waals surface area contributed by atoms with Crippen LogP contribution in [0.3, 0.4) is 0 Å². The Hall–Kier alpha value is -2.64. The third-order valence-corrected chi connectivity index (χ3v) is 4.13. The van der Waals surface area contributed by atoms with Crippen molar-refractivity contribution in [2.75, 3.05) is 18.4 Å². The first kappa shape index (κ1) is 17.2. The highest BCUT2D eigenvalue weighted by Gasteiger charge is 2.23. The van der Waals surface area contributed by atoms with E-state index in [1.807, 2.05) is 0 Å². The van der Waals surface area contributed by atoms with Gasteiger partial charge in [0.1, 0.15) is 17.8 Å². The van der Waals surface area contributed by atoms with E-state index < -0.39 is 17.5 Å². The maximum atomic E-state index is 13.7. The van der Waals surface area contributed by atoms with Crippen LogP contribution in [0.1, 0.15) is 30.3 Å². The number of piperidine rings is 1. The lowest BCUT2D eigenvalue weighted by molar-refractivity contribution is 0.0677. The van der Waals surface area contributed by atoms with Crippen molar-refractivity contribution in [3.8, 4) is 0 Å². The Balaban J connectivity index is 1.80. The van der Waals surface area contributed by atoms with Crippen LogP contribution < -0.4 is 5.32 Å². The second-order valence-electron chi connectivity index (χ2n) is 6.13. The SMILES string of the molecule is CC1CCCN(C(=O)c2cc(Nc3ccc(F)c(F)c3F)ncn2)C1. The summed E-state index contributed by atoms with van der Waals surface area (Å²) in [6.45, 7) is 3.40. The molecule has 1 aromatic heterocycles. The molecular weight excluding hydrogens is 333 g/mol. The van der Waals surface area contributed by atoms with E-state index in [4.69, 9.17) is 0 Å². The number of rotatable bonds is 3. The van der Waals surface area contributed by atoms with Crippen LogP contribution in [0.2, 0.25) is 0 Å². The molecule has 1 aliphatic heterocycles. The number of anilines is 2. The van der Waals surface area contributed by atoms with Crippen molar-refractivity contribution in [1.29, 1.82) is 0 Å². The molecule has 1 atom stereocenters. The molecule has 1 amide bonds. The summed E-state index contributed by atoms with van der Waals surface area (Å²) in [5.74, 6) is -3.89. The van der Waals surface area contributed by atoms with Crippen molar-refractivity contribution in [2.45, 2.75) is 19.8 Å². The van der Waals surface area contributed by atoms with Crippen molar-refractivity contribution >= 4 is 17.4 Å². The lowest BCUT2D eigenvalue weighted by atomic mass is 10.00. The van der Waals surface area contributed by atoms with Gasteiger partial charge in [0, 0.05) is 19.2 Å². The van der Waals surface area contributed by atoms with Gasteiger partial charge in [-0.2, -0.15) is 0 Å². The fourth-order valence-corrected chi connectivity index (χ4v) is 2.84. The van der Waals surface area contributed by atoms with Gasteiger partial charge in [0.05, 0.1) is 5.69 Å². The van der Waals surface area contributed by atoms with Crippen LogP contribution in [-0.4, -0.2) is 33.9 Å². The molecule has 1 aliphatic rings. The van der Waals surface area contributed by atoms with E-state index >= 15 is 0 Å². The lowest BCUT2D eigenvalue weighted by Crippen LogP contribution is -2.39.